The van der Waals surface area contributed by atoms with E-state index in [1.54, 1.807) is 31.2 Å². The van der Waals surface area contributed by atoms with E-state index in [9.17, 15) is 27.6 Å². The fraction of sp³-hybridized carbons (Fsp3) is 0.348. The third-order valence-corrected chi connectivity index (χ3v) is 5.11. The molecule has 0 aliphatic carbocycles. The van der Waals surface area contributed by atoms with Crippen LogP contribution in [0.25, 0.3) is 0 Å². The number of para-hydroxylation sites is 2. The third-order valence-electron chi connectivity index (χ3n) is 5.11. The monoisotopic (exact) mass is 463 g/mol. The molecule has 2 aromatic rings. The summed E-state index contributed by atoms with van der Waals surface area (Å²) in [5.74, 6) is -5.48. The van der Waals surface area contributed by atoms with Crippen LogP contribution >= 0.6 is 0 Å². The maximum absolute atomic E-state index is 13.8. The standard InChI is InChI=1S/C23H24F3N3O4/c1-3-11-28(13-19(30)27-16-9-8-15(24)21(25)22(16)26)20(31)10-12-29-17-6-4-5-7-18(17)33-14(2)23(29)32/h4-9,14H,3,10-13H2,1-2H3,(H,27,30). The molecule has 0 aromatic heterocycles. The topological polar surface area (TPSA) is 79.0 Å². The van der Waals surface area contributed by atoms with E-state index in [1.807, 2.05) is 6.92 Å². The summed E-state index contributed by atoms with van der Waals surface area (Å²) in [5.41, 5.74) is 0.0364. The van der Waals surface area contributed by atoms with Crippen molar-refractivity contribution in [2.45, 2.75) is 32.8 Å². The number of amides is 3. The Kier molecular flexibility index (Phi) is 7.57. The van der Waals surface area contributed by atoms with E-state index in [4.69, 9.17) is 4.74 Å². The van der Waals surface area contributed by atoms with Gasteiger partial charge in [-0.2, -0.15) is 0 Å². The molecule has 0 saturated heterocycles. The molecule has 2 aromatic carbocycles. The number of anilines is 2. The molecule has 10 heteroatoms. The highest BCUT2D eigenvalue weighted by atomic mass is 19.2. The van der Waals surface area contributed by atoms with Crippen LogP contribution in [0.4, 0.5) is 24.5 Å². The highest BCUT2D eigenvalue weighted by molar-refractivity contribution is 6.00. The maximum atomic E-state index is 13.8. The highest BCUT2D eigenvalue weighted by Crippen LogP contribution is 2.33. The molecule has 33 heavy (non-hydrogen) atoms. The van der Waals surface area contributed by atoms with Gasteiger partial charge < -0.3 is 19.9 Å². The van der Waals surface area contributed by atoms with Gasteiger partial charge in [-0.05, 0) is 37.6 Å². The molecule has 3 rings (SSSR count). The minimum absolute atomic E-state index is 0.0559. The Bertz CT molecular complexity index is 1060. The molecule has 1 aliphatic rings. The van der Waals surface area contributed by atoms with Crippen LogP contribution in [-0.4, -0.2) is 48.4 Å². The number of rotatable bonds is 8. The lowest BCUT2D eigenvalue weighted by molar-refractivity contribution is -0.134. The van der Waals surface area contributed by atoms with E-state index in [0.29, 0.717) is 23.9 Å². The van der Waals surface area contributed by atoms with Gasteiger partial charge in [0.05, 0.1) is 17.9 Å². The molecule has 1 heterocycles. The minimum Gasteiger partial charge on any atom is -0.479 e. The summed E-state index contributed by atoms with van der Waals surface area (Å²) in [6.45, 7) is 3.36. The smallest absolute Gasteiger partial charge is 0.267 e. The Morgan fingerprint density at radius 2 is 1.85 bits per heavy atom. The molecule has 0 radical (unpaired) electrons. The number of hydrogen-bond acceptors (Lipinski definition) is 4. The molecule has 1 aliphatic heterocycles. The lowest BCUT2D eigenvalue weighted by Crippen LogP contribution is -2.46. The fourth-order valence-electron chi connectivity index (χ4n) is 3.50. The van der Waals surface area contributed by atoms with Crippen molar-refractivity contribution < 1.29 is 32.3 Å². The van der Waals surface area contributed by atoms with Crippen LogP contribution in [-0.2, 0) is 14.4 Å². The third kappa shape index (κ3) is 5.44. The number of benzene rings is 2. The SMILES string of the molecule is CCCN(CC(=O)Nc1ccc(F)c(F)c1F)C(=O)CCN1C(=O)C(C)Oc2ccccc21. The summed E-state index contributed by atoms with van der Waals surface area (Å²) in [5, 5.41) is 2.16. The molecule has 1 unspecified atom stereocenters. The van der Waals surface area contributed by atoms with Crippen molar-refractivity contribution in [3.63, 3.8) is 0 Å². The van der Waals surface area contributed by atoms with E-state index >= 15 is 0 Å². The molecule has 7 nitrogen and oxygen atoms in total. The lowest BCUT2D eigenvalue weighted by Gasteiger charge is -2.33. The Labute approximate surface area is 189 Å². The first-order valence-electron chi connectivity index (χ1n) is 10.5. The van der Waals surface area contributed by atoms with Crippen molar-refractivity contribution in [2.75, 3.05) is 29.9 Å². The van der Waals surface area contributed by atoms with Gasteiger partial charge in [0, 0.05) is 19.5 Å². The van der Waals surface area contributed by atoms with E-state index in [0.717, 1.165) is 6.07 Å². The average Bonchev–Trinajstić information content (AvgIpc) is 2.79. The van der Waals surface area contributed by atoms with Crippen molar-refractivity contribution in [2.24, 2.45) is 0 Å². The highest BCUT2D eigenvalue weighted by Gasteiger charge is 2.31. The maximum Gasteiger partial charge on any atom is 0.267 e. The molecule has 0 bridgehead atoms. The van der Waals surface area contributed by atoms with Crippen LogP contribution in [0.3, 0.4) is 0 Å². The summed E-state index contributed by atoms with van der Waals surface area (Å²) in [4.78, 5) is 40.5. The first-order chi connectivity index (χ1) is 15.7. The predicted octanol–water partition coefficient (Wildman–Crippen LogP) is 3.49. The Hall–Kier alpha value is -3.56. The average molecular weight is 463 g/mol. The van der Waals surface area contributed by atoms with Crippen molar-refractivity contribution in [1.29, 1.82) is 0 Å². The van der Waals surface area contributed by atoms with Gasteiger partial charge in [-0.1, -0.05) is 19.1 Å². The zero-order valence-electron chi connectivity index (χ0n) is 18.2. The van der Waals surface area contributed by atoms with Crippen molar-refractivity contribution >= 4 is 29.1 Å². The van der Waals surface area contributed by atoms with E-state index < -0.39 is 41.7 Å². The number of ether oxygens (including phenoxy) is 1. The van der Waals surface area contributed by atoms with Gasteiger partial charge in [0.15, 0.2) is 23.6 Å². The van der Waals surface area contributed by atoms with Gasteiger partial charge in [0.1, 0.15) is 5.75 Å². The largest absolute Gasteiger partial charge is 0.479 e. The van der Waals surface area contributed by atoms with Crippen LogP contribution in [0.1, 0.15) is 26.7 Å². The second-order valence-electron chi connectivity index (χ2n) is 7.55. The minimum atomic E-state index is -1.70. The molecule has 0 spiro atoms. The Morgan fingerprint density at radius 1 is 1.12 bits per heavy atom. The van der Waals surface area contributed by atoms with E-state index in [1.165, 1.54) is 9.80 Å². The van der Waals surface area contributed by atoms with Crippen molar-refractivity contribution in [1.82, 2.24) is 4.90 Å². The Balaban J connectivity index is 1.65. The van der Waals surface area contributed by atoms with E-state index in [-0.39, 0.29) is 31.3 Å². The Morgan fingerprint density at radius 3 is 2.58 bits per heavy atom. The first-order valence-corrected chi connectivity index (χ1v) is 10.5. The van der Waals surface area contributed by atoms with Crippen LogP contribution in [0, 0.1) is 17.5 Å². The van der Waals surface area contributed by atoms with Crippen LogP contribution in [0.15, 0.2) is 36.4 Å². The number of carbonyl (C=O) groups is 3. The summed E-state index contributed by atoms with van der Waals surface area (Å²) in [6.07, 6.45) is -0.201. The molecular formula is C23H24F3N3O4. The van der Waals surface area contributed by atoms with Gasteiger partial charge in [-0.25, -0.2) is 13.2 Å². The van der Waals surface area contributed by atoms with Gasteiger partial charge in [0.2, 0.25) is 11.8 Å². The predicted molar refractivity (Wildman–Crippen MR) is 115 cm³/mol. The zero-order chi connectivity index (χ0) is 24.1. The summed E-state index contributed by atoms with van der Waals surface area (Å²) < 4.78 is 45.9. The van der Waals surface area contributed by atoms with Gasteiger partial charge in [-0.3, -0.25) is 14.4 Å². The molecule has 0 fully saturated rings. The molecule has 176 valence electrons. The van der Waals surface area contributed by atoms with Crippen molar-refractivity contribution in [3.05, 3.63) is 53.8 Å². The number of fused-ring (bicyclic) bond motifs is 1. The van der Waals surface area contributed by atoms with Crippen LogP contribution in [0.5, 0.6) is 5.75 Å². The zero-order valence-corrected chi connectivity index (χ0v) is 18.2. The molecule has 3 amide bonds. The first kappa shape index (κ1) is 24.1. The number of carbonyl (C=O) groups excluding carboxylic acids is 3. The second-order valence-corrected chi connectivity index (χ2v) is 7.55. The summed E-state index contributed by atoms with van der Waals surface area (Å²) in [7, 11) is 0. The normalized spacial score (nSPS) is 15.0. The lowest BCUT2D eigenvalue weighted by atomic mass is 10.1. The van der Waals surface area contributed by atoms with Crippen LogP contribution < -0.4 is 15.0 Å². The molecule has 1 atom stereocenters. The van der Waals surface area contributed by atoms with Crippen LogP contribution in [0.2, 0.25) is 0 Å². The quantitative estimate of drug-likeness (QED) is 0.608. The van der Waals surface area contributed by atoms with Crippen molar-refractivity contribution in [3.8, 4) is 5.75 Å². The number of nitrogens with zero attached hydrogens (tertiary/aromatic N) is 2. The summed E-state index contributed by atoms with van der Waals surface area (Å²) in [6, 6.07) is 8.59. The summed E-state index contributed by atoms with van der Waals surface area (Å²) >= 11 is 0. The molecule has 1 N–H and O–H groups in total. The number of hydrogen-bond donors (Lipinski definition) is 1. The van der Waals surface area contributed by atoms with Gasteiger partial charge in [0.25, 0.3) is 5.91 Å². The number of nitrogens with one attached hydrogen (secondary N) is 1. The molecule has 0 saturated carbocycles. The van der Waals surface area contributed by atoms with Gasteiger partial charge >= 0.3 is 0 Å². The van der Waals surface area contributed by atoms with Gasteiger partial charge in [-0.15, -0.1) is 0 Å². The second kappa shape index (κ2) is 10.4. The number of halogens is 3. The van der Waals surface area contributed by atoms with E-state index in [2.05, 4.69) is 5.32 Å². The fourth-order valence-corrected chi connectivity index (χ4v) is 3.50. The molecular weight excluding hydrogens is 439 g/mol.